The number of carbonyl (C=O) groups excluding carboxylic acids is 1. The zero-order chi connectivity index (χ0) is 41.6. The van der Waals surface area contributed by atoms with Crippen LogP contribution in [0.2, 0.25) is 36.3 Å². The van der Waals surface area contributed by atoms with Crippen molar-refractivity contribution in [3.8, 4) is 0 Å². The molecule has 1 amide bonds. The lowest BCUT2D eigenvalue weighted by atomic mass is 9.49. The van der Waals surface area contributed by atoms with Crippen LogP contribution in [0.5, 0.6) is 0 Å². The lowest BCUT2D eigenvalue weighted by Crippen LogP contribution is -2.56. The van der Waals surface area contributed by atoms with Gasteiger partial charge in [-0.2, -0.15) is 13.5 Å². The number of carbonyl (C=O) groups is 1. The molecule has 3 aliphatic carbocycles. The van der Waals surface area contributed by atoms with Crippen molar-refractivity contribution in [3.63, 3.8) is 0 Å². The quantitative estimate of drug-likeness (QED) is 0.170. The third-order valence-corrected chi connectivity index (χ3v) is 25.0. The van der Waals surface area contributed by atoms with Gasteiger partial charge in [-0.05, 0) is 150 Å². The second-order valence-corrected chi connectivity index (χ2v) is 33.0. The second-order valence-electron chi connectivity index (χ2n) is 21.8. The van der Waals surface area contributed by atoms with E-state index < -0.39 is 38.4 Å². The van der Waals surface area contributed by atoms with Gasteiger partial charge in [0, 0.05) is 30.4 Å². The Kier molecular flexibility index (Phi) is 13.5. The predicted molar refractivity (Wildman–Crippen MR) is 231 cm³/mol. The highest BCUT2D eigenvalue weighted by atomic mass is 32.2. The number of sulfonamides is 1. The molecule has 55 heavy (non-hydrogen) atoms. The average Bonchev–Trinajstić information content (AvgIpc) is 3.37. The lowest BCUT2D eigenvalue weighted by molar-refractivity contribution is -0.0871. The number of amides is 1. The number of hydrogen-bond acceptors (Lipinski definition) is 7. The first kappa shape index (κ1) is 46.0. The molecule has 3 saturated carbocycles. The molecule has 12 heteroatoms. The van der Waals surface area contributed by atoms with E-state index in [0.29, 0.717) is 31.4 Å². The first-order chi connectivity index (χ1) is 24.9. The molecule has 7 atom stereocenters. The Labute approximate surface area is 337 Å². The summed E-state index contributed by atoms with van der Waals surface area (Å²) in [5.74, 6) is 0.958. The van der Waals surface area contributed by atoms with E-state index in [-0.39, 0.29) is 43.7 Å². The van der Waals surface area contributed by atoms with Crippen LogP contribution < -0.4 is 10.1 Å². The highest BCUT2D eigenvalue weighted by Gasteiger charge is 2.58. The molecule has 0 heterocycles. The summed E-state index contributed by atoms with van der Waals surface area (Å²) < 4.78 is 46.7. The van der Waals surface area contributed by atoms with E-state index in [2.05, 4.69) is 96.8 Å². The van der Waals surface area contributed by atoms with Crippen molar-refractivity contribution in [2.75, 3.05) is 13.2 Å². The van der Waals surface area contributed by atoms with Gasteiger partial charge in [0.2, 0.25) is 0 Å². The first-order valence-corrected chi connectivity index (χ1v) is 28.2. The van der Waals surface area contributed by atoms with Gasteiger partial charge in [-0.15, -0.1) is 0 Å². The number of alkyl carbamates (subject to hydrolysis) is 1. The van der Waals surface area contributed by atoms with Gasteiger partial charge in [0.25, 0.3) is 10.0 Å². The third-order valence-electron chi connectivity index (χ3n) is 14.7. The zero-order valence-corrected chi connectivity index (χ0v) is 40.2. The molecule has 0 aromatic heterocycles. The maximum Gasteiger partial charge on any atom is 0.407 e. The molecule has 3 fully saturated rings. The van der Waals surface area contributed by atoms with Gasteiger partial charge < -0.3 is 18.9 Å². The molecule has 1 unspecified atom stereocenters. The van der Waals surface area contributed by atoms with Crippen molar-refractivity contribution in [2.45, 2.75) is 181 Å². The van der Waals surface area contributed by atoms with Gasteiger partial charge in [-0.25, -0.2) is 9.63 Å². The highest BCUT2D eigenvalue weighted by Crippen LogP contribution is 2.62. The Bertz CT molecular complexity index is 1640. The molecule has 0 aliphatic heterocycles. The van der Waals surface area contributed by atoms with Gasteiger partial charge in [0.15, 0.2) is 16.6 Å². The number of hydrogen-bond donors (Lipinski definition) is 2. The molecule has 0 spiro atoms. The van der Waals surface area contributed by atoms with Gasteiger partial charge >= 0.3 is 6.09 Å². The van der Waals surface area contributed by atoms with Crippen LogP contribution in [0, 0.1) is 41.4 Å². The topological polar surface area (TPSA) is 115 Å². The Morgan fingerprint density at radius 1 is 0.873 bits per heavy atom. The normalized spacial score (nSPS) is 30.5. The van der Waals surface area contributed by atoms with Crippen LogP contribution in [0.1, 0.15) is 127 Å². The summed E-state index contributed by atoms with van der Waals surface area (Å²) >= 11 is 0. The number of rotatable bonds is 11. The van der Waals surface area contributed by atoms with E-state index in [0.717, 1.165) is 49.8 Å². The summed E-state index contributed by atoms with van der Waals surface area (Å²) in [4.78, 5) is 16.0. The largest absolute Gasteiger partial charge is 0.444 e. The first-order valence-electron chi connectivity index (χ1n) is 20.9. The van der Waals surface area contributed by atoms with E-state index in [9.17, 15) is 13.2 Å². The van der Waals surface area contributed by atoms with Crippen LogP contribution in [-0.4, -0.2) is 61.7 Å². The number of nitrogens with zero attached hydrogens (tertiary/aromatic N) is 1. The van der Waals surface area contributed by atoms with Crippen LogP contribution in [0.3, 0.4) is 0 Å². The minimum absolute atomic E-state index is 0.0514. The molecule has 0 radical (unpaired) electrons. The molecule has 314 valence electrons. The van der Waals surface area contributed by atoms with Crippen LogP contribution >= 0.6 is 0 Å². The van der Waals surface area contributed by atoms with E-state index in [1.807, 2.05) is 27.7 Å². The van der Waals surface area contributed by atoms with E-state index in [4.69, 9.17) is 13.6 Å². The Morgan fingerprint density at radius 3 is 2.04 bits per heavy atom. The van der Waals surface area contributed by atoms with Crippen LogP contribution in [0.15, 0.2) is 34.3 Å². The predicted octanol–water partition coefficient (Wildman–Crippen LogP) is 10.8. The fraction of sp³-hybridized carbons (Fsp3) is 0.814. The summed E-state index contributed by atoms with van der Waals surface area (Å²) in [7, 11) is -7.85. The monoisotopic (exact) mass is 820 g/mol. The van der Waals surface area contributed by atoms with Crippen molar-refractivity contribution in [2.24, 2.45) is 39.6 Å². The fourth-order valence-corrected chi connectivity index (χ4v) is 12.4. The molecule has 0 saturated heterocycles. The van der Waals surface area contributed by atoms with Gasteiger partial charge in [-0.1, -0.05) is 73.1 Å². The molecule has 9 nitrogen and oxygen atoms in total. The van der Waals surface area contributed by atoms with E-state index in [1.165, 1.54) is 0 Å². The van der Waals surface area contributed by atoms with Gasteiger partial charge in [0.05, 0.1) is 4.90 Å². The molecular weight excluding hydrogens is 743 g/mol. The maximum absolute atomic E-state index is 13.3. The van der Waals surface area contributed by atoms with Crippen molar-refractivity contribution in [1.82, 2.24) is 10.1 Å². The van der Waals surface area contributed by atoms with Crippen molar-refractivity contribution < 1.29 is 26.8 Å². The number of nitrogens with one attached hydrogen (secondary N) is 2. The minimum atomic E-state index is -3.81. The third kappa shape index (κ3) is 10.5. The number of hydrazone groups is 1. The Balaban J connectivity index is 1.70. The maximum atomic E-state index is 13.3. The molecule has 0 bridgehead atoms. The standard InChI is InChI=1S/C43H77N3O6SSi2/c1-30-17-19-33(20-18-30)53(48,49)46-45-37-22-21-35-34(28-44-38(47)51-39(2,3)4)36(24-26-43(35,37)12)42(11)25-23-32(52-55(15,16)41(8,9)10)27-31(42)29-50-54(13,14)40(5,6)7/h17-20,31-32,34-36,46H,21-29H2,1-16H3,(H,44,47)/b45-37+/t31-,32?,34+,35+,36+,42+,43+/m1/s1. The molecule has 1 aromatic rings. The molecule has 1 aromatic carbocycles. The van der Waals surface area contributed by atoms with Crippen LogP contribution in [-0.2, 0) is 23.6 Å². The van der Waals surface area contributed by atoms with Crippen molar-refractivity contribution in [3.05, 3.63) is 29.8 Å². The van der Waals surface area contributed by atoms with Crippen molar-refractivity contribution in [1.29, 1.82) is 0 Å². The molecule has 2 N–H and O–H groups in total. The summed E-state index contributed by atoms with van der Waals surface area (Å²) in [5, 5.41) is 8.12. The Hall–Kier alpha value is -1.74. The summed E-state index contributed by atoms with van der Waals surface area (Å²) in [6.07, 6.45) is 6.27. The smallest absolute Gasteiger partial charge is 0.407 e. The highest BCUT2D eigenvalue weighted by molar-refractivity contribution is 7.89. The SMILES string of the molecule is Cc1ccc(S(=O)(=O)N/N=C2\CC[C@H]3[C@H](CNC(=O)OC(C)(C)C)[C@@H]([C@@]4(C)CCC(O[Si](C)(C)C(C)(C)C)C[C@@H]4CO[Si](C)(C)C(C)(C)C)CC[C@]23C)cc1. The number of fused-ring (bicyclic) bond motifs is 1. The molecular formula is C43H77N3O6SSi2. The van der Waals surface area contributed by atoms with E-state index in [1.54, 1.807) is 24.3 Å². The number of ether oxygens (including phenoxy) is 1. The summed E-state index contributed by atoms with van der Waals surface area (Å²) in [6.45, 7) is 36.9. The molecule has 4 rings (SSSR count). The number of aryl methyl sites for hydroxylation is 1. The van der Waals surface area contributed by atoms with Crippen LogP contribution in [0.4, 0.5) is 4.79 Å². The van der Waals surface area contributed by atoms with Crippen molar-refractivity contribution >= 4 is 38.5 Å². The van der Waals surface area contributed by atoms with E-state index >= 15 is 0 Å². The molecule has 3 aliphatic rings. The number of benzene rings is 1. The minimum Gasteiger partial charge on any atom is -0.444 e. The summed E-state index contributed by atoms with van der Waals surface area (Å²) in [6, 6.07) is 6.85. The Morgan fingerprint density at radius 2 is 1.47 bits per heavy atom. The fourth-order valence-electron chi connectivity index (χ4n) is 9.12. The van der Waals surface area contributed by atoms with Gasteiger partial charge in [-0.3, -0.25) is 0 Å². The lowest BCUT2D eigenvalue weighted by Gasteiger charge is -2.57. The summed E-state index contributed by atoms with van der Waals surface area (Å²) in [5.41, 5.74) is 0.942. The van der Waals surface area contributed by atoms with Gasteiger partial charge in [0.1, 0.15) is 5.60 Å². The van der Waals surface area contributed by atoms with Crippen LogP contribution in [0.25, 0.3) is 0 Å². The average molecular weight is 820 g/mol. The zero-order valence-electron chi connectivity index (χ0n) is 37.4. The second kappa shape index (κ2) is 16.1.